The van der Waals surface area contributed by atoms with Crippen LogP contribution >= 0.6 is 9.39 Å². The Morgan fingerprint density at radius 3 is 2.73 bits per heavy atom. The number of pyridine rings is 1. The lowest BCUT2D eigenvalue weighted by Crippen LogP contribution is -2.42. The van der Waals surface area contributed by atoms with Gasteiger partial charge >= 0.3 is 5.97 Å². The highest BCUT2D eigenvalue weighted by Crippen LogP contribution is 2.17. The van der Waals surface area contributed by atoms with E-state index < -0.39 is 5.97 Å². The largest absolute Gasteiger partial charge is 0.505 e. The van der Waals surface area contributed by atoms with Crippen LogP contribution in [-0.4, -0.2) is 65.5 Å². The zero-order valence-electron chi connectivity index (χ0n) is 13.0. The number of aryl methyl sites for hydroxylation is 1. The SMILES string of the molecule is COC(=O)c1nc(CCCCN2CCN(P)CC2)ccc1O. The molecule has 2 rings (SSSR count). The Morgan fingerprint density at radius 2 is 2.05 bits per heavy atom. The number of esters is 1. The standard InChI is InChI=1S/C15H24N3O3P/c1-21-15(20)14-13(19)6-5-12(16-14)4-2-3-7-17-8-10-18(22)11-9-17/h5-6,19H,2-4,7-11,22H2,1H3. The number of carbonyl (C=O) groups excluding carboxylic acids is 1. The summed E-state index contributed by atoms with van der Waals surface area (Å²) in [6, 6.07) is 3.27. The summed E-state index contributed by atoms with van der Waals surface area (Å²) in [5, 5.41) is 9.62. The van der Waals surface area contributed by atoms with Crippen LogP contribution in [0.3, 0.4) is 0 Å². The van der Waals surface area contributed by atoms with Crippen LogP contribution in [-0.2, 0) is 11.2 Å². The summed E-state index contributed by atoms with van der Waals surface area (Å²) >= 11 is 0. The van der Waals surface area contributed by atoms with E-state index in [0.717, 1.165) is 57.7 Å². The fraction of sp³-hybridized carbons (Fsp3) is 0.600. The summed E-state index contributed by atoms with van der Waals surface area (Å²) in [5.41, 5.74) is 0.810. The number of aromatic hydroxyl groups is 1. The molecule has 0 aromatic carbocycles. The van der Waals surface area contributed by atoms with Crippen LogP contribution in [0.15, 0.2) is 12.1 Å². The predicted octanol–water partition coefficient (Wildman–Crippen LogP) is 1.30. The molecule has 0 radical (unpaired) electrons. The van der Waals surface area contributed by atoms with Gasteiger partial charge in [-0.15, -0.1) is 0 Å². The van der Waals surface area contributed by atoms with Gasteiger partial charge in [0.25, 0.3) is 0 Å². The lowest BCUT2D eigenvalue weighted by molar-refractivity contribution is 0.0590. The van der Waals surface area contributed by atoms with Gasteiger partial charge in [0.2, 0.25) is 0 Å². The third-order valence-corrected chi connectivity index (χ3v) is 4.39. The molecule has 0 bridgehead atoms. The first-order chi connectivity index (χ1) is 10.6. The molecule has 1 aliphatic heterocycles. The first-order valence-corrected chi connectivity index (χ1v) is 8.11. The highest BCUT2D eigenvalue weighted by Gasteiger charge is 2.15. The van der Waals surface area contributed by atoms with Crippen molar-refractivity contribution in [3.05, 3.63) is 23.5 Å². The molecule has 1 unspecified atom stereocenters. The Labute approximate surface area is 133 Å². The van der Waals surface area contributed by atoms with Crippen molar-refractivity contribution in [3.8, 4) is 5.75 Å². The number of hydrogen-bond donors (Lipinski definition) is 1. The third-order valence-electron chi connectivity index (χ3n) is 3.87. The van der Waals surface area contributed by atoms with Crippen molar-refractivity contribution < 1.29 is 14.6 Å². The maximum atomic E-state index is 11.5. The molecule has 1 N–H and O–H groups in total. The van der Waals surface area contributed by atoms with Crippen LogP contribution in [0.5, 0.6) is 5.75 Å². The smallest absolute Gasteiger partial charge is 0.360 e. The first-order valence-electron chi connectivity index (χ1n) is 7.59. The summed E-state index contributed by atoms with van der Waals surface area (Å²) in [5.74, 6) is -0.736. The van der Waals surface area contributed by atoms with Crippen molar-refractivity contribution in [2.45, 2.75) is 19.3 Å². The second-order valence-electron chi connectivity index (χ2n) is 5.50. The Balaban J connectivity index is 1.76. The van der Waals surface area contributed by atoms with Gasteiger partial charge < -0.3 is 14.7 Å². The average Bonchev–Trinajstić information content (AvgIpc) is 2.54. The summed E-state index contributed by atoms with van der Waals surface area (Å²) in [7, 11) is 4.04. The number of nitrogens with zero attached hydrogens (tertiary/aromatic N) is 3. The highest BCUT2D eigenvalue weighted by molar-refractivity contribution is 7.13. The van der Waals surface area contributed by atoms with Crippen LogP contribution in [0, 0.1) is 0 Å². The normalized spacial score (nSPS) is 16.6. The second kappa shape index (κ2) is 8.42. The monoisotopic (exact) mass is 325 g/mol. The van der Waals surface area contributed by atoms with Crippen molar-refractivity contribution in [2.75, 3.05) is 39.8 Å². The van der Waals surface area contributed by atoms with Gasteiger partial charge in [0.15, 0.2) is 5.69 Å². The molecule has 122 valence electrons. The molecule has 1 aliphatic rings. The zero-order valence-corrected chi connectivity index (χ0v) is 14.1. The number of hydrogen-bond acceptors (Lipinski definition) is 6. The van der Waals surface area contributed by atoms with Crippen LogP contribution in [0.2, 0.25) is 0 Å². The van der Waals surface area contributed by atoms with Gasteiger partial charge in [0, 0.05) is 31.9 Å². The van der Waals surface area contributed by atoms with E-state index in [4.69, 9.17) is 0 Å². The van der Waals surface area contributed by atoms with E-state index in [1.807, 2.05) is 0 Å². The second-order valence-corrected chi connectivity index (χ2v) is 6.23. The number of methoxy groups -OCH3 is 1. The molecule has 7 heteroatoms. The third kappa shape index (κ3) is 4.90. The summed E-state index contributed by atoms with van der Waals surface area (Å²) in [4.78, 5) is 18.2. The molecular weight excluding hydrogens is 301 g/mol. The molecule has 1 saturated heterocycles. The summed E-state index contributed by atoms with van der Waals surface area (Å²) < 4.78 is 6.88. The van der Waals surface area contributed by atoms with Crippen molar-refractivity contribution in [1.82, 2.24) is 14.6 Å². The van der Waals surface area contributed by atoms with Gasteiger partial charge in [-0.1, -0.05) is 9.39 Å². The van der Waals surface area contributed by atoms with E-state index in [0.29, 0.717) is 0 Å². The number of aromatic nitrogens is 1. The molecule has 1 fully saturated rings. The topological polar surface area (TPSA) is 65.9 Å². The van der Waals surface area contributed by atoms with Gasteiger partial charge in [-0.05, 0) is 37.9 Å². The molecule has 1 aromatic heterocycles. The molecule has 22 heavy (non-hydrogen) atoms. The van der Waals surface area contributed by atoms with Gasteiger partial charge in [-0.2, -0.15) is 0 Å². The fourth-order valence-corrected chi connectivity index (χ4v) is 2.74. The van der Waals surface area contributed by atoms with E-state index in [9.17, 15) is 9.90 Å². The maximum absolute atomic E-state index is 11.5. The van der Waals surface area contributed by atoms with E-state index >= 15 is 0 Å². The maximum Gasteiger partial charge on any atom is 0.360 e. The molecule has 1 atom stereocenters. The lowest BCUT2D eigenvalue weighted by Gasteiger charge is -2.32. The average molecular weight is 325 g/mol. The van der Waals surface area contributed by atoms with Crippen molar-refractivity contribution in [1.29, 1.82) is 0 Å². The Morgan fingerprint density at radius 1 is 1.32 bits per heavy atom. The molecule has 0 aliphatic carbocycles. The molecule has 0 amide bonds. The van der Waals surface area contributed by atoms with Crippen LogP contribution in [0.1, 0.15) is 29.0 Å². The van der Waals surface area contributed by atoms with Crippen LogP contribution < -0.4 is 0 Å². The van der Waals surface area contributed by atoms with Crippen molar-refractivity contribution in [2.24, 2.45) is 0 Å². The van der Waals surface area contributed by atoms with Gasteiger partial charge in [0.05, 0.1) is 7.11 Å². The molecule has 6 nitrogen and oxygen atoms in total. The summed E-state index contributed by atoms with van der Waals surface area (Å²) in [6.45, 7) is 5.54. The predicted molar refractivity (Wildman–Crippen MR) is 87.9 cm³/mol. The minimum absolute atomic E-state index is 0.00318. The van der Waals surface area contributed by atoms with E-state index in [1.165, 1.54) is 13.2 Å². The Bertz CT molecular complexity index is 505. The first kappa shape index (κ1) is 17.1. The number of carbonyl (C=O) groups is 1. The van der Waals surface area contributed by atoms with Gasteiger partial charge in [-0.3, -0.25) is 4.67 Å². The quantitative estimate of drug-likeness (QED) is 0.483. The Hall–Kier alpha value is -1.23. The number of piperazine rings is 1. The highest BCUT2D eigenvalue weighted by atomic mass is 31.0. The lowest BCUT2D eigenvalue weighted by atomic mass is 10.1. The number of ether oxygens (including phenoxy) is 1. The zero-order chi connectivity index (χ0) is 15.9. The van der Waals surface area contributed by atoms with E-state index in [-0.39, 0.29) is 11.4 Å². The van der Waals surface area contributed by atoms with Crippen molar-refractivity contribution >= 4 is 15.4 Å². The van der Waals surface area contributed by atoms with Crippen LogP contribution in [0.4, 0.5) is 0 Å². The number of rotatable bonds is 6. The van der Waals surface area contributed by atoms with Gasteiger partial charge in [0.1, 0.15) is 5.75 Å². The fourth-order valence-electron chi connectivity index (χ4n) is 2.51. The van der Waals surface area contributed by atoms with E-state index in [1.54, 1.807) is 6.07 Å². The Kier molecular flexibility index (Phi) is 6.55. The van der Waals surface area contributed by atoms with E-state index in [2.05, 4.69) is 28.7 Å². The molecular formula is C15H24N3O3P. The number of unbranched alkanes of at least 4 members (excludes halogenated alkanes) is 1. The van der Waals surface area contributed by atoms with Crippen LogP contribution in [0.25, 0.3) is 0 Å². The minimum atomic E-state index is -0.602. The van der Waals surface area contributed by atoms with Crippen molar-refractivity contribution in [3.63, 3.8) is 0 Å². The summed E-state index contributed by atoms with van der Waals surface area (Å²) in [6.07, 6.45) is 2.92. The molecule has 0 saturated carbocycles. The molecule has 2 heterocycles. The van der Waals surface area contributed by atoms with Gasteiger partial charge in [-0.25, -0.2) is 9.78 Å². The minimum Gasteiger partial charge on any atom is -0.505 e. The molecule has 1 aromatic rings. The molecule has 0 spiro atoms.